The molecule has 0 unspecified atom stereocenters. The number of anilines is 5. The molecule has 0 bridgehead atoms. The van der Waals surface area contributed by atoms with E-state index in [4.69, 9.17) is 16.3 Å². The van der Waals surface area contributed by atoms with E-state index in [0.29, 0.717) is 16.7 Å². The van der Waals surface area contributed by atoms with Crippen molar-refractivity contribution in [2.45, 2.75) is 31.7 Å². The van der Waals surface area contributed by atoms with E-state index in [-0.39, 0.29) is 0 Å². The number of nitrogens with one attached hydrogen (secondary N) is 1. The maximum absolute atomic E-state index is 6.33. The number of hydrogen-bond donors (Lipinski definition) is 1. The highest BCUT2D eigenvalue weighted by molar-refractivity contribution is 6.28. The maximum atomic E-state index is 6.33. The molecule has 1 N–H and O–H groups in total. The Kier molecular flexibility index (Phi) is 4.25. The van der Waals surface area contributed by atoms with Crippen LogP contribution in [0.5, 0.6) is 0 Å². The highest BCUT2D eigenvalue weighted by atomic mass is 35.5. The summed E-state index contributed by atoms with van der Waals surface area (Å²) in [7, 11) is 2.10. The van der Waals surface area contributed by atoms with Crippen molar-refractivity contribution in [3.05, 3.63) is 29.5 Å². The Labute approximate surface area is 182 Å². The van der Waals surface area contributed by atoms with Crippen LogP contribution in [-0.4, -0.2) is 56.0 Å². The third-order valence-electron chi connectivity index (χ3n) is 6.99. The number of halogens is 1. The summed E-state index contributed by atoms with van der Waals surface area (Å²) in [6, 6.07) is 9.12. The monoisotopic (exact) mass is 426 g/mol. The van der Waals surface area contributed by atoms with Crippen LogP contribution in [-0.2, 0) is 4.74 Å². The first kappa shape index (κ1) is 18.5. The van der Waals surface area contributed by atoms with E-state index in [1.165, 1.54) is 31.4 Å². The van der Waals surface area contributed by atoms with Gasteiger partial charge in [-0.3, -0.25) is 0 Å². The molecular formula is C22H27ClN6O. The van der Waals surface area contributed by atoms with E-state index >= 15 is 0 Å². The van der Waals surface area contributed by atoms with Gasteiger partial charge in [-0.25, -0.2) is 0 Å². The topological polar surface area (TPSA) is 56.8 Å². The van der Waals surface area contributed by atoms with Gasteiger partial charge >= 0.3 is 0 Å². The Morgan fingerprint density at radius 3 is 2.50 bits per heavy atom. The van der Waals surface area contributed by atoms with Crippen molar-refractivity contribution in [3.63, 3.8) is 0 Å². The molecule has 1 aliphatic carbocycles. The molecule has 7 nitrogen and oxygen atoms in total. The number of hydrogen-bond acceptors (Lipinski definition) is 7. The van der Waals surface area contributed by atoms with Crippen molar-refractivity contribution < 1.29 is 4.74 Å². The van der Waals surface area contributed by atoms with Crippen molar-refractivity contribution in [3.8, 4) is 0 Å². The third-order valence-corrected chi connectivity index (χ3v) is 7.16. The van der Waals surface area contributed by atoms with Gasteiger partial charge in [0.25, 0.3) is 0 Å². The lowest BCUT2D eigenvalue weighted by molar-refractivity contribution is -0.127. The van der Waals surface area contributed by atoms with E-state index in [1.54, 1.807) is 0 Å². The fourth-order valence-electron chi connectivity index (χ4n) is 5.34. The van der Waals surface area contributed by atoms with E-state index in [1.807, 2.05) is 0 Å². The zero-order valence-electron chi connectivity index (χ0n) is 17.3. The Morgan fingerprint density at radius 2 is 1.83 bits per heavy atom. The summed E-state index contributed by atoms with van der Waals surface area (Å²) in [4.78, 5) is 16.2. The second kappa shape index (κ2) is 6.89. The van der Waals surface area contributed by atoms with E-state index in [2.05, 4.69) is 61.3 Å². The molecular weight excluding hydrogens is 400 g/mol. The van der Waals surface area contributed by atoms with Crippen molar-refractivity contribution in [1.82, 2.24) is 9.97 Å². The molecule has 2 aromatic rings. The molecule has 1 saturated carbocycles. The molecule has 3 aliphatic heterocycles. The van der Waals surface area contributed by atoms with Crippen LogP contribution in [0.15, 0.2) is 24.3 Å². The van der Waals surface area contributed by atoms with Crippen molar-refractivity contribution >= 4 is 40.3 Å². The lowest BCUT2D eigenvalue weighted by Gasteiger charge is -2.56. The molecule has 30 heavy (non-hydrogen) atoms. The first-order chi connectivity index (χ1) is 14.6. The molecule has 4 heterocycles. The second-order valence-corrected chi connectivity index (χ2v) is 9.62. The largest absolute Gasteiger partial charge is 0.380 e. The van der Waals surface area contributed by atoms with Crippen LogP contribution in [0.3, 0.4) is 0 Å². The van der Waals surface area contributed by atoms with Crippen molar-refractivity contribution in [2.75, 3.05) is 60.0 Å². The highest BCUT2D eigenvalue weighted by Gasteiger charge is 2.49. The number of benzene rings is 1. The van der Waals surface area contributed by atoms with Crippen LogP contribution in [0, 0.1) is 5.41 Å². The van der Waals surface area contributed by atoms with Gasteiger partial charge in [0.1, 0.15) is 5.69 Å². The average molecular weight is 427 g/mol. The molecule has 1 aromatic carbocycles. The van der Waals surface area contributed by atoms with Gasteiger partial charge in [-0.05, 0) is 48.7 Å². The van der Waals surface area contributed by atoms with E-state index in [9.17, 15) is 0 Å². The van der Waals surface area contributed by atoms with Crippen LogP contribution in [0.25, 0.3) is 0 Å². The second-order valence-electron chi connectivity index (χ2n) is 9.28. The minimum absolute atomic E-state index is 0.291. The summed E-state index contributed by atoms with van der Waals surface area (Å²) in [6.07, 6.45) is 5.04. The van der Waals surface area contributed by atoms with E-state index < -0.39 is 0 Å². The fourth-order valence-corrected chi connectivity index (χ4v) is 5.50. The predicted octanol–water partition coefficient (Wildman–Crippen LogP) is 3.87. The van der Waals surface area contributed by atoms with Crippen LogP contribution in [0.4, 0.5) is 28.7 Å². The Morgan fingerprint density at radius 1 is 1.10 bits per heavy atom. The molecule has 1 spiro atoms. The normalized spacial score (nSPS) is 22.3. The molecule has 0 amide bonds. The van der Waals surface area contributed by atoms with E-state index in [0.717, 1.165) is 56.0 Å². The van der Waals surface area contributed by atoms with Crippen LogP contribution in [0.2, 0.25) is 5.28 Å². The van der Waals surface area contributed by atoms with Gasteiger partial charge < -0.3 is 24.8 Å². The molecule has 8 heteroatoms. The van der Waals surface area contributed by atoms with Gasteiger partial charge in [-0.1, -0.05) is 12.8 Å². The first-order valence-electron chi connectivity index (χ1n) is 10.9. The lowest BCUT2D eigenvalue weighted by Crippen LogP contribution is -2.66. The zero-order chi connectivity index (χ0) is 20.3. The fraction of sp³-hybridized carbons (Fsp3) is 0.545. The van der Waals surface area contributed by atoms with Crippen molar-refractivity contribution in [2.24, 2.45) is 5.41 Å². The minimum atomic E-state index is 0.291. The number of nitrogens with zero attached hydrogens (tertiary/aromatic N) is 5. The maximum Gasteiger partial charge on any atom is 0.226 e. The summed E-state index contributed by atoms with van der Waals surface area (Å²) < 4.78 is 5.38. The Hall–Kier alpha value is -2.25. The molecule has 3 fully saturated rings. The van der Waals surface area contributed by atoms with Crippen molar-refractivity contribution in [1.29, 1.82) is 0 Å². The number of aromatic nitrogens is 2. The van der Waals surface area contributed by atoms with Gasteiger partial charge in [-0.2, -0.15) is 9.97 Å². The number of fused-ring (bicyclic) bond motifs is 1. The quantitative estimate of drug-likeness (QED) is 0.745. The van der Waals surface area contributed by atoms with Crippen LogP contribution >= 0.6 is 11.6 Å². The number of rotatable bonds is 4. The average Bonchev–Trinajstić information content (AvgIpc) is 3.29. The third kappa shape index (κ3) is 2.98. The molecule has 158 valence electrons. The molecule has 6 rings (SSSR count). The SMILES string of the molecule is CN1CN(C2CCCC2)c2nc(Cl)nc(Nc3ccc(N4CC5(COC5)C4)cc3)c21. The molecule has 4 aliphatic rings. The smallest absolute Gasteiger partial charge is 0.226 e. The highest BCUT2D eigenvalue weighted by Crippen LogP contribution is 2.44. The van der Waals surface area contributed by atoms with Gasteiger partial charge in [0, 0.05) is 37.6 Å². The van der Waals surface area contributed by atoms with Gasteiger partial charge in [-0.15, -0.1) is 0 Å². The number of ether oxygens (including phenoxy) is 1. The Bertz CT molecular complexity index is 949. The van der Waals surface area contributed by atoms with Gasteiger partial charge in [0.15, 0.2) is 11.6 Å². The summed E-state index contributed by atoms with van der Waals surface area (Å²) >= 11 is 6.33. The summed E-state index contributed by atoms with van der Waals surface area (Å²) in [5.74, 6) is 1.73. The van der Waals surface area contributed by atoms with Crippen LogP contribution < -0.4 is 20.0 Å². The molecule has 0 atom stereocenters. The Balaban J connectivity index is 1.22. The van der Waals surface area contributed by atoms with Gasteiger partial charge in [0.05, 0.1) is 25.3 Å². The lowest BCUT2D eigenvalue weighted by atomic mass is 9.78. The first-order valence-corrected chi connectivity index (χ1v) is 11.2. The molecule has 2 saturated heterocycles. The molecule has 1 aromatic heterocycles. The predicted molar refractivity (Wildman–Crippen MR) is 120 cm³/mol. The summed E-state index contributed by atoms with van der Waals surface area (Å²) in [5.41, 5.74) is 3.72. The molecule has 0 radical (unpaired) electrons. The van der Waals surface area contributed by atoms with Crippen LogP contribution in [0.1, 0.15) is 25.7 Å². The standard InChI is InChI=1S/C22H27ClN6O/c1-27-14-29(17-4-2-3-5-17)20-18(27)19(25-21(23)26-20)24-15-6-8-16(9-7-15)28-10-22(11-28)12-30-13-22/h6-9,17H,2-5,10-14H2,1H3,(H,24,25,26). The zero-order valence-corrected chi connectivity index (χ0v) is 18.0. The van der Waals surface area contributed by atoms with Gasteiger partial charge in [0.2, 0.25) is 5.28 Å². The summed E-state index contributed by atoms with van der Waals surface area (Å²) in [5, 5.41) is 3.78. The summed E-state index contributed by atoms with van der Waals surface area (Å²) in [6.45, 7) is 4.85. The minimum Gasteiger partial charge on any atom is -0.380 e.